The van der Waals surface area contributed by atoms with E-state index in [-0.39, 0.29) is 5.91 Å². The number of amides is 1. The molecule has 1 aliphatic heterocycles. The van der Waals surface area contributed by atoms with Crippen LogP contribution in [0.3, 0.4) is 0 Å². The fraction of sp³-hybridized carbons (Fsp3) is 0.571. The molecule has 1 saturated heterocycles. The summed E-state index contributed by atoms with van der Waals surface area (Å²) >= 11 is 5.74. The van der Waals surface area contributed by atoms with Crippen molar-refractivity contribution in [2.45, 2.75) is 25.8 Å². The van der Waals surface area contributed by atoms with Gasteiger partial charge in [0.25, 0.3) is 0 Å². The number of rotatable bonds is 4. The number of nitrogens with zero attached hydrogens (tertiary/aromatic N) is 3. The Hall–Kier alpha value is -1.13. The minimum Gasteiger partial charge on any atom is -0.340 e. The van der Waals surface area contributed by atoms with Crippen LogP contribution in [-0.2, 0) is 11.3 Å². The normalized spacial score (nSPS) is 16.3. The van der Waals surface area contributed by atoms with Crippen LogP contribution in [0.2, 0.25) is 5.15 Å². The van der Waals surface area contributed by atoms with Crippen LogP contribution in [0.25, 0.3) is 0 Å². The summed E-state index contributed by atoms with van der Waals surface area (Å²) in [5, 5.41) is 0.478. The second kappa shape index (κ2) is 6.87. The molecule has 0 N–H and O–H groups in total. The maximum Gasteiger partial charge on any atom is 0.236 e. The maximum absolute atomic E-state index is 12.1. The molecule has 0 spiro atoms. The van der Waals surface area contributed by atoms with Crippen LogP contribution < -0.4 is 0 Å². The Kier molecular flexibility index (Phi) is 5.16. The second-order valence-electron chi connectivity index (χ2n) is 5.08. The van der Waals surface area contributed by atoms with Gasteiger partial charge in [0.2, 0.25) is 5.91 Å². The lowest BCUT2D eigenvalue weighted by molar-refractivity contribution is -0.131. The Morgan fingerprint density at radius 1 is 1.37 bits per heavy atom. The van der Waals surface area contributed by atoms with Gasteiger partial charge in [0.15, 0.2) is 0 Å². The Bertz CT molecular complexity index is 415. The van der Waals surface area contributed by atoms with Gasteiger partial charge < -0.3 is 4.90 Å². The molecule has 1 aliphatic rings. The molecule has 5 heteroatoms. The number of likely N-dealkylation sites (N-methyl/N-ethyl adjacent to an activating group) is 1. The van der Waals surface area contributed by atoms with Crippen molar-refractivity contribution in [2.24, 2.45) is 0 Å². The Labute approximate surface area is 119 Å². The second-order valence-corrected chi connectivity index (χ2v) is 5.46. The van der Waals surface area contributed by atoms with Crippen molar-refractivity contribution in [3.63, 3.8) is 0 Å². The lowest BCUT2D eigenvalue weighted by Crippen LogP contribution is -2.40. The molecule has 1 fully saturated rings. The Balaban J connectivity index is 1.83. The summed E-state index contributed by atoms with van der Waals surface area (Å²) in [6.07, 6.45) is 5.42. The molecule has 1 aromatic rings. The van der Waals surface area contributed by atoms with Gasteiger partial charge in [0.1, 0.15) is 5.15 Å². The number of aromatic nitrogens is 1. The first kappa shape index (κ1) is 14.3. The molecule has 0 bridgehead atoms. The van der Waals surface area contributed by atoms with Crippen LogP contribution in [0.4, 0.5) is 0 Å². The predicted octanol–water partition coefficient (Wildman–Crippen LogP) is 2.18. The van der Waals surface area contributed by atoms with Gasteiger partial charge in [-0.2, -0.15) is 0 Å². The minimum absolute atomic E-state index is 0.164. The molecule has 0 aromatic carbocycles. The first-order valence-corrected chi connectivity index (χ1v) is 7.10. The molecule has 2 heterocycles. The number of carbonyl (C=O) groups is 1. The molecular formula is C14H20ClN3O. The summed E-state index contributed by atoms with van der Waals surface area (Å²) in [7, 11) is 1.83. The molecule has 104 valence electrons. The lowest BCUT2D eigenvalue weighted by atomic mass is 10.1. The number of piperidine rings is 1. The summed E-state index contributed by atoms with van der Waals surface area (Å²) in [5.41, 5.74) is 0.999. The number of pyridine rings is 1. The number of carbonyl (C=O) groups excluding carboxylic acids is 1. The van der Waals surface area contributed by atoms with Crippen LogP contribution >= 0.6 is 11.6 Å². The van der Waals surface area contributed by atoms with E-state index in [2.05, 4.69) is 9.88 Å². The summed E-state index contributed by atoms with van der Waals surface area (Å²) in [4.78, 5) is 20.1. The molecule has 1 aromatic heterocycles. The smallest absolute Gasteiger partial charge is 0.236 e. The molecule has 0 saturated carbocycles. The Morgan fingerprint density at radius 2 is 2.11 bits per heavy atom. The number of hydrogen-bond acceptors (Lipinski definition) is 3. The molecule has 2 rings (SSSR count). The largest absolute Gasteiger partial charge is 0.340 e. The summed E-state index contributed by atoms with van der Waals surface area (Å²) in [6.45, 7) is 3.19. The highest BCUT2D eigenvalue weighted by atomic mass is 35.5. The lowest BCUT2D eigenvalue weighted by Gasteiger charge is -2.28. The molecule has 1 amide bonds. The quantitative estimate of drug-likeness (QED) is 0.794. The van der Waals surface area contributed by atoms with E-state index in [1.807, 2.05) is 13.1 Å². The highest BCUT2D eigenvalue weighted by Gasteiger charge is 2.16. The minimum atomic E-state index is 0.164. The third-order valence-electron chi connectivity index (χ3n) is 3.44. The van der Waals surface area contributed by atoms with Gasteiger partial charge in [0.05, 0.1) is 6.54 Å². The molecule has 4 nitrogen and oxygen atoms in total. The van der Waals surface area contributed by atoms with Gasteiger partial charge in [0, 0.05) is 19.8 Å². The fourth-order valence-electron chi connectivity index (χ4n) is 2.29. The number of likely N-dealkylation sites (tertiary alicyclic amines) is 1. The van der Waals surface area contributed by atoms with E-state index in [1.165, 1.54) is 19.3 Å². The van der Waals surface area contributed by atoms with Gasteiger partial charge in [-0.05, 0) is 37.6 Å². The zero-order valence-corrected chi connectivity index (χ0v) is 12.1. The molecule has 0 atom stereocenters. The average Bonchev–Trinajstić information content (AvgIpc) is 2.42. The zero-order valence-electron chi connectivity index (χ0n) is 11.3. The van der Waals surface area contributed by atoms with E-state index in [4.69, 9.17) is 11.6 Å². The average molecular weight is 282 g/mol. The zero-order chi connectivity index (χ0) is 13.7. The highest BCUT2D eigenvalue weighted by Crippen LogP contribution is 2.10. The van der Waals surface area contributed by atoms with E-state index in [9.17, 15) is 4.79 Å². The van der Waals surface area contributed by atoms with Crippen molar-refractivity contribution < 1.29 is 4.79 Å². The van der Waals surface area contributed by atoms with E-state index in [0.29, 0.717) is 18.2 Å². The van der Waals surface area contributed by atoms with Crippen LogP contribution in [0, 0.1) is 0 Å². The molecule has 0 unspecified atom stereocenters. The molecule has 19 heavy (non-hydrogen) atoms. The first-order chi connectivity index (χ1) is 9.15. The maximum atomic E-state index is 12.1. The Morgan fingerprint density at radius 3 is 2.74 bits per heavy atom. The van der Waals surface area contributed by atoms with Gasteiger partial charge in [-0.1, -0.05) is 24.1 Å². The van der Waals surface area contributed by atoms with Gasteiger partial charge >= 0.3 is 0 Å². The molecule has 0 aliphatic carbocycles. The van der Waals surface area contributed by atoms with E-state index < -0.39 is 0 Å². The van der Waals surface area contributed by atoms with Crippen molar-refractivity contribution in [2.75, 3.05) is 26.7 Å². The molecule has 0 radical (unpaired) electrons. The van der Waals surface area contributed by atoms with Crippen molar-refractivity contribution in [3.05, 3.63) is 29.0 Å². The van der Waals surface area contributed by atoms with Crippen molar-refractivity contribution >= 4 is 17.5 Å². The standard InChI is InChI=1S/C14H20ClN3O/c1-17(10-12-5-6-13(15)16-9-12)14(19)11-18-7-3-2-4-8-18/h5-6,9H,2-4,7-8,10-11H2,1H3. The molecular weight excluding hydrogens is 262 g/mol. The van der Waals surface area contributed by atoms with E-state index >= 15 is 0 Å². The van der Waals surface area contributed by atoms with Gasteiger partial charge in [-0.25, -0.2) is 4.98 Å². The monoisotopic (exact) mass is 281 g/mol. The number of hydrogen-bond donors (Lipinski definition) is 0. The third kappa shape index (κ3) is 4.48. The van der Waals surface area contributed by atoms with Gasteiger partial charge in [-0.15, -0.1) is 0 Å². The first-order valence-electron chi connectivity index (χ1n) is 6.72. The SMILES string of the molecule is CN(Cc1ccc(Cl)nc1)C(=O)CN1CCCCC1. The fourth-order valence-corrected chi connectivity index (χ4v) is 2.40. The van der Waals surface area contributed by atoms with Crippen LogP contribution in [0.15, 0.2) is 18.3 Å². The summed E-state index contributed by atoms with van der Waals surface area (Å²) in [6, 6.07) is 3.65. The predicted molar refractivity (Wildman–Crippen MR) is 76.0 cm³/mol. The summed E-state index contributed by atoms with van der Waals surface area (Å²) < 4.78 is 0. The van der Waals surface area contributed by atoms with Gasteiger partial charge in [-0.3, -0.25) is 9.69 Å². The topological polar surface area (TPSA) is 36.4 Å². The van der Waals surface area contributed by atoms with Crippen LogP contribution in [-0.4, -0.2) is 47.4 Å². The van der Waals surface area contributed by atoms with Crippen LogP contribution in [0.5, 0.6) is 0 Å². The number of halogens is 1. The van der Waals surface area contributed by atoms with Crippen molar-refractivity contribution in [3.8, 4) is 0 Å². The van der Waals surface area contributed by atoms with E-state index in [1.54, 1.807) is 17.2 Å². The third-order valence-corrected chi connectivity index (χ3v) is 3.67. The van der Waals surface area contributed by atoms with Crippen LogP contribution in [0.1, 0.15) is 24.8 Å². The van der Waals surface area contributed by atoms with Crippen molar-refractivity contribution in [1.82, 2.24) is 14.8 Å². The van der Waals surface area contributed by atoms with Crippen molar-refractivity contribution in [1.29, 1.82) is 0 Å². The highest BCUT2D eigenvalue weighted by molar-refractivity contribution is 6.29. The van der Waals surface area contributed by atoms with E-state index in [0.717, 1.165) is 18.7 Å². The summed E-state index contributed by atoms with van der Waals surface area (Å²) in [5.74, 6) is 0.164.